The van der Waals surface area contributed by atoms with Crippen LogP contribution in [0.4, 0.5) is 0 Å². The van der Waals surface area contributed by atoms with E-state index in [-0.39, 0.29) is 6.79 Å². The Hall–Kier alpha value is -2.04. The molecule has 0 unspecified atom stereocenters. The topological polar surface area (TPSA) is 46.2 Å². The maximum Gasteiger partial charge on any atom is 0.231 e. The zero-order valence-corrected chi connectivity index (χ0v) is 9.82. The van der Waals surface area contributed by atoms with Gasteiger partial charge in [-0.3, -0.25) is 0 Å². The number of ether oxygens (including phenoxy) is 5. The molecule has 0 fully saturated rings. The highest BCUT2D eigenvalue weighted by atomic mass is 16.7. The van der Waals surface area contributed by atoms with E-state index in [0.29, 0.717) is 35.4 Å². The zero-order valence-electron chi connectivity index (χ0n) is 9.82. The minimum atomic E-state index is 0.146. The quantitative estimate of drug-likeness (QED) is 0.734. The van der Waals surface area contributed by atoms with E-state index in [0.717, 1.165) is 0 Å². The summed E-state index contributed by atoms with van der Waals surface area (Å²) in [4.78, 5) is 0. The molecule has 1 aromatic carbocycles. The molecule has 0 aliphatic carbocycles. The van der Waals surface area contributed by atoms with Crippen molar-refractivity contribution in [2.24, 2.45) is 0 Å². The van der Waals surface area contributed by atoms with E-state index in [1.54, 1.807) is 26.4 Å². The summed E-state index contributed by atoms with van der Waals surface area (Å²) in [7, 11) is 3.10. The fraction of sp³-hybridized carbons (Fsp3) is 0.333. The van der Waals surface area contributed by atoms with Gasteiger partial charge in [0.2, 0.25) is 24.0 Å². The van der Waals surface area contributed by atoms with Gasteiger partial charge in [-0.25, -0.2) is 0 Å². The smallest absolute Gasteiger partial charge is 0.231 e. The van der Waals surface area contributed by atoms with Crippen LogP contribution in [0.5, 0.6) is 28.7 Å². The maximum atomic E-state index is 5.49. The first-order valence-electron chi connectivity index (χ1n) is 5.10. The second-order valence-corrected chi connectivity index (χ2v) is 3.27. The second-order valence-electron chi connectivity index (χ2n) is 3.27. The summed E-state index contributed by atoms with van der Waals surface area (Å²) in [6, 6.07) is 1.70. The Morgan fingerprint density at radius 2 is 2.00 bits per heavy atom. The van der Waals surface area contributed by atoms with Gasteiger partial charge in [0.25, 0.3) is 0 Å². The highest BCUT2D eigenvalue weighted by molar-refractivity contribution is 5.66. The Kier molecular flexibility index (Phi) is 3.27. The number of fused-ring (bicyclic) bond motifs is 1. The van der Waals surface area contributed by atoms with E-state index in [1.807, 2.05) is 0 Å². The van der Waals surface area contributed by atoms with Crippen LogP contribution < -0.4 is 23.7 Å². The number of methoxy groups -OCH3 is 2. The molecule has 0 bridgehead atoms. The molecule has 1 aliphatic heterocycles. The van der Waals surface area contributed by atoms with Crippen LogP contribution in [0.15, 0.2) is 18.7 Å². The number of hydrogen-bond donors (Lipinski definition) is 0. The molecule has 0 radical (unpaired) electrons. The van der Waals surface area contributed by atoms with E-state index in [1.165, 1.54) is 0 Å². The van der Waals surface area contributed by atoms with Crippen molar-refractivity contribution in [3.63, 3.8) is 0 Å². The van der Waals surface area contributed by atoms with Crippen LogP contribution in [-0.2, 0) is 0 Å². The third kappa shape index (κ3) is 1.95. The van der Waals surface area contributed by atoms with Crippen LogP contribution >= 0.6 is 0 Å². The predicted molar refractivity (Wildman–Crippen MR) is 61.4 cm³/mol. The minimum absolute atomic E-state index is 0.146. The van der Waals surface area contributed by atoms with Crippen LogP contribution in [0, 0.1) is 0 Å². The summed E-state index contributed by atoms with van der Waals surface area (Å²) in [6.45, 7) is 4.11. The Balaban J connectivity index is 2.47. The molecule has 0 saturated heterocycles. The van der Waals surface area contributed by atoms with Gasteiger partial charge in [-0.15, -0.1) is 0 Å². The van der Waals surface area contributed by atoms with Gasteiger partial charge in [0.05, 0.1) is 14.2 Å². The first-order chi connectivity index (χ1) is 8.31. The molecule has 5 heteroatoms. The van der Waals surface area contributed by atoms with Crippen molar-refractivity contribution in [2.45, 2.75) is 0 Å². The molecule has 2 rings (SSSR count). The van der Waals surface area contributed by atoms with Gasteiger partial charge in [-0.05, 0) is 0 Å². The Bertz CT molecular complexity index is 427. The molecule has 1 aromatic rings. The number of hydrogen-bond acceptors (Lipinski definition) is 5. The van der Waals surface area contributed by atoms with Crippen LogP contribution in [-0.4, -0.2) is 27.6 Å². The fourth-order valence-corrected chi connectivity index (χ4v) is 1.59. The lowest BCUT2D eigenvalue weighted by Crippen LogP contribution is -1.98. The van der Waals surface area contributed by atoms with E-state index in [4.69, 9.17) is 23.7 Å². The SMILES string of the molecule is C=CCOc1cc(OC)c2c(c1OC)OCO2. The van der Waals surface area contributed by atoms with Crippen molar-refractivity contribution >= 4 is 0 Å². The average Bonchev–Trinajstić information content (AvgIpc) is 2.83. The second kappa shape index (κ2) is 4.86. The van der Waals surface area contributed by atoms with Crippen molar-refractivity contribution < 1.29 is 23.7 Å². The lowest BCUT2D eigenvalue weighted by atomic mass is 10.2. The summed E-state index contributed by atoms with van der Waals surface area (Å²) in [5.74, 6) is 2.63. The molecule has 0 saturated carbocycles. The maximum absolute atomic E-state index is 5.49. The van der Waals surface area contributed by atoms with Crippen LogP contribution in [0.3, 0.4) is 0 Å². The normalized spacial score (nSPS) is 12.1. The first kappa shape index (κ1) is 11.4. The van der Waals surface area contributed by atoms with E-state index in [9.17, 15) is 0 Å². The van der Waals surface area contributed by atoms with Crippen molar-refractivity contribution in [1.82, 2.24) is 0 Å². The zero-order chi connectivity index (χ0) is 12.3. The molecule has 1 aliphatic rings. The van der Waals surface area contributed by atoms with Gasteiger partial charge < -0.3 is 23.7 Å². The number of benzene rings is 1. The third-order valence-electron chi connectivity index (χ3n) is 2.31. The van der Waals surface area contributed by atoms with Gasteiger partial charge in [-0.2, -0.15) is 0 Å². The van der Waals surface area contributed by atoms with Crippen molar-refractivity contribution in [1.29, 1.82) is 0 Å². The van der Waals surface area contributed by atoms with Gasteiger partial charge in [0.1, 0.15) is 6.61 Å². The van der Waals surface area contributed by atoms with Gasteiger partial charge in [0.15, 0.2) is 11.5 Å². The predicted octanol–water partition coefficient (Wildman–Crippen LogP) is 2.00. The number of rotatable bonds is 5. The molecule has 17 heavy (non-hydrogen) atoms. The molecule has 0 aromatic heterocycles. The molecular formula is C12H14O5. The first-order valence-corrected chi connectivity index (χ1v) is 5.10. The highest BCUT2D eigenvalue weighted by Gasteiger charge is 2.27. The monoisotopic (exact) mass is 238 g/mol. The minimum Gasteiger partial charge on any atom is -0.493 e. The summed E-state index contributed by atoms with van der Waals surface area (Å²) in [5.41, 5.74) is 0. The molecule has 5 nitrogen and oxygen atoms in total. The van der Waals surface area contributed by atoms with E-state index in [2.05, 4.69) is 6.58 Å². The third-order valence-corrected chi connectivity index (χ3v) is 2.31. The van der Waals surface area contributed by atoms with Crippen LogP contribution in [0.1, 0.15) is 0 Å². The summed E-state index contributed by atoms with van der Waals surface area (Å²) in [5, 5.41) is 0. The Labute approximate surface area is 99.5 Å². The molecule has 1 heterocycles. The van der Waals surface area contributed by atoms with Gasteiger partial charge >= 0.3 is 0 Å². The van der Waals surface area contributed by atoms with Crippen molar-refractivity contribution in [2.75, 3.05) is 27.6 Å². The molecule has 0 amide bonds. The molecule has 0 atom stereocenters. The molecular weight excluding hydrogens is 224 g/mol. The molecule has 0 spiro atoms. The summed E-state index contributed by atoms with van der Waals surface area (Å²) < 4.78 is 26.6. The summed E-state index contributed by atoms with van der Waals surface area (Å²) >= 11 is 0. The average molecular weight is 238 g/mol. The largest absolute Gasteiger partial charge is 0.493 e. The molecule has 0 N–H and O–H groups in total. The van der Waals surface area contributed by atoms with E-state index < -0.39 is 0 Å². The lowest BCUT2D eigenvalue weighted by Gasteiger charge is -2.13. The highest BCUT2D eigenvalue weighted by Crippen LogP contribution is 2.52. The van der Waals surface area contributed by atoms with Gasteiger partial charge in [-0.1, -0.05) is 12.7 Å². The lowest BCUT2D eigenvalue weighted by molar-refractivity contribution is 0.168. The standard InChI is InChI=1S/C12H14O5/c1-4-5-15-9-6-8(13-2)11-12(10(9)14-3)17-7-16-11/h4,6H,1,5,7H2,2-3H3. The Morgan fingerprint density at radius 1 is 1.24 bits per heavy atom. The van der Waals surface area contributed by atoms with Crippen LogP contribution in [0.25, 0.3) is 0 Å². The van der Waals surface area contributed by atoms with Crippen LogP contribution in [0.2, 0.25) is 0 Å². The molecule has 92 valence electrons. The fourth-order valence-electron chi connectivity index (χ4n) is 1.59. The van der Waals surface area contributed by atoms with Crippen molar-refractivity contribution in [3.8, 4) is 28.7 Å². The van der Waals surface area contributed by atoms with Crippen molar-refractivity contribution in [3.05, 3.63) is 18.7 Å². The summed E-state index contributed by atoms with van der Waals surface area (Å²) in [6.07, 6.45) is 1.65. The van der Waals surface area contributed by atoms with Gasteiger partial charge in [0, 0.05) is 6.07 Å². The Morgan fingerprint density at radius 3 is 2.65 bits per heavy atom. The van der Waals surface area contributed by atoms with E-state index >= 15 is 0 Å².